The molecule has 0 radical (unpaired) electrons. The summed E-state index contributed by atoms with van der Waals surface area (Å²) in [5.74, 6) is 0.0353. The summed E-state index contributed by atoms with van der Waals surface area (Å²) < 4.78 is 30.2. The highest BCUT2D eigenvalue weighted by atomic mass is 35.5. The minimum Gasteiger partial charge on any atom is -0.451 e. The number of hydrogen-bond acceptors (Lipinski definition) is 4. The van der Waals surface area contributed by atoms with Crippen LogP contribution in [0.4, 0.5) is 0 Å². The highest BCUT2D eigenvalue weighted by Gasteiger charge is 2.36. The van der Waals surface area contributed by atoms with Crippen LogP contribution < -0.4 is 0 Å². The van der Waals surface area contributed by atoms with E-state index in [9.17, 15) is 13.2 Å². The summed E-state index contributed by atoms with van der Waals surface area (Å²) in [6.45, 7) is 6.17. The molecule has 0 spiro atoms. The van der Waals surface area contributed by atoms with Crippen LogP contribution in [-0.4, -0.2) is 36.8 Å². The average Bonchev–Trinajstić information content (AvgIpc) is 3.19. The van der Waals surface area contributed by atoms with Gasteiger partial charge in [0.25, 0.3) is 5.91 Å². The molecule has 2 heterocycles. The Balaban J connectivity index is 1.75. The van der Waals surface area contributed by atoms with Crippen molar-refractivity contribution in [3.63, 3.8) is 0 Å². The predicted octanol–water partition coefficient (Wildman–Crippen LogP) is 4.84. The van der Waals surface area contributed by atoms with Gasteiger partial charge in [-0.05, 0) is 68.1 Å². The van der Waals surface area contributed by atoms with E-state index < -0.39 is 15.9 Å². The third-order valence-electron chi connectivity index (χ3n) is 5.90. The first-order chi connectivity index (χ1) is 14.1. The first-order valence-corrected chi connectivity index (χ1v) is 12.1. The average molecular weight is 446 g/mol. The second-order valence-corrected chi connectivity index (χ2v) is 10.8. The number of sulfone groups is 1. The molecule has 1 amide bonds. The van der Waals surface area contributed by atoms with E-state index in [0.29, 0.717) is 17.0 Å². The Morgan fingerprint density at radius 2 is 1.90 bits per heavy atom. The van der Waals surface area contributed by atoms with E-state index in [1.807, 2.05) is 45.0 Å². The van der Waals surface area contributed by atoms with Gasteiger partial charge in [0, 0.05) is 28.6 Å². The van der Waals surface area contributed by atoms with Crippen molar-refractivity contribution in [2.45, 2.75) is 39.8 Å². The van der Waals surface area contributed by atoms with E-state index in [2.05, 4.69) is 0 Å². The molecule has 30 heavy (non-hydrogen) atoms. The Kier molecular flexibility index (Phi) is 5.41. The standard InChI is InChI=1S/C23H24ClNO4S/c1-14-9-20-16(3)22(29-21(20)10-15(14)2)23(26)25(19-7-8-30(27,28)13-19)12-17-5-4-6-18(24)11-17/h4-6,9-11,19H,7-8,12-13H2,1-3H3. The second kappa shape index (κ2) is 7.75. The Morgan fingerprint density at radius 3 is 2.57 bits per heavy atom. The summed E-state index contributed by atoms with van der Waals surface area (Å²) in [7, 11) is -3.15. The normalized spacial score (nSPS) is 18.1. The first kappa shape index (κ1) is 20.9. The van der Waals surface area contributed by atoms with Crippen molar-refractivity contribution in [3.05, 3.63) is 69.4 Å². The summed E-state index contributed by atoms with van der Waals surface area (Å²) in [5.41, 5.74) is 4.51. The van der Waals surface area contributed by atoms with Crippen molar-refractivity contribution in [1.29, 1.82) is 0 Å². The van der Waals surface area contributed by atoms with Crippen LogP contribution in [0.2, 0.25) is 5.02 Å². The molecule has 3 aromatic rings. The van der Waals surface area contributed by atoms with E-state index in [1.54, 1.807) is 17.0 Å². The van der Waals surface area contributed by atoms with E-state index >= 15 is 0 Å². The van der Waals surface area contributed by atoms with Gasteiger partial charge in [-0.3, -0.25) is 4.79 Å². The summed E-state index contributed by atoms with van der Waals surface area (Å²) in [4.78, 5) is 15.2. The number of hydrogen-bond donors (Lipinski definition) is 0. The summed E-state index contributed by atoms with van der Waals surface area (Å²) >= 11 is 6.12. The van der Waals surface area contributed by atoms with Crippen LogP contribution in [0.5, 0.6) is 0 Å². The lowest BCUT2D eigenvalue weighted by Crippen LogP contribution is -2.40. The van der Waals surface area contributed by atoms with Gasteiger partial charge in [-0.15, -0.1) is 0 Å². The topological polar surface area (TPSA) is 67.6 Å². The van der Waals surface area contributed by atoms with Gasteiger partial charge in [-0.25, -0.2) is 8.42 Å². The van der Waals surface area contributed by atoms with Crippen molar-refractivity contribution < 1.29 is 17.6 Å². The molecule has 1 aliphatic heterocycles. The van der Waals surface area contributed by atoms with Gasteiger partial charge in [0.15, 0.2) is 15.6 Å². The number of carbonyl (C=O) groups is 1. The van der Waals surface area contributed by atoms with E-state index in [-0.39, 0.29) is 29.7 Å². The Morgan fingerprint density at radius 1 is 1.17 bits per heavy atom. The van der Waals surface area contributed by atoms with Crippen molar-refractivity contribution in [2.24, 2.45) is 0 Å². The zero-order valence-corrected chi connectivity index (χ0v) is 18.8. The fourth-order valence-corrected chi connectivity index (χ4v) is 5.97. The number of halogens is 1. The number of aryl methyl sites for hydroxylation is 3. The largest absolute Gasteiger partial charge is 0.451 e. The fraction of sp³-hybridized carbons (Fsp3) is 0.348. The molecule has 1 aromatic heterocycles. The van der Waals surface area contributed by atoms with Gasteiger partial charge in [-0.2, -0.15) is 0 Å². The van der Waals surface area contributed by atoms with Gasteiger partial charge in [0.1, 0.15) is 5.58 Å². The maximum Gasteiger partial charge on any atom is 0.290 e. The van der Waals surface area contributed by atoms with Crippen LogP contribution in [-0.2, 0) is 16.4 Å². The molecule has 0 N–H and O–H groups in total. The monoisotopic (exact) mass is 445 g/mol. The van der Waals surface area contributed by atoms with Crippen LogP contribution in [0.25, 0.3) is 11.0 Å². The summed E-state index contributed by atoms with van der Waals surface area (Å²) in [6.07, 6.45) is 0.423. The van der Waals surface area contributed by atoms with E-state index in [4.69, 9.17) is 16.0 Å². The van der Waals surface area contributed by atoms with Gasteiger partial charge in [-0.1, -0.05) is 23.7 Å². The Hall–Kier alpha value is -2.31. The lowest BCUT2D eigenvalue weighted by atomic mass is 10.0. The molecule has 0 aliphatic carbocycles. The SMILES string of the molecule is Cc1cc2oc(C(=O)N(Cc3cccc(Cl)c3)C3CCS(=O)(=O)C3)c(C)c2cc1C. The molecule has 0 bridgehead atoms. The molecule has 2 aromatic carbocycles. The van der Waals surface area contributed by atoms with Crippen molar-refractivity contribution in [3.8, 4) is 0 Å². The van der Waals surface area contributed by atoms with E-state index in [0.717, 1.165) is 27.6 Å². The highest BCUT2D eigenvalue weighted by Crippen LogP contribution is 2.31. The van der Waals surface area contributed by atoms with Crippen LogP contribution in [0.3, 0.4) is 0 Å². The smallest absolute Gasteiger partial charge is 0.290 e. The lowest BCUT2D eigenvalue weighted by molar-refractivity contribution is 0.0649. The zero-order chi connectivity index (χ0) is 21.6. The molecule has 5 nitrogen and oxygen atoms in total. The molecule has 1 fully saturated rings. The van der Waals surface area contributed by atoms with Gasteiger partial charge >= 0.3 is 0 Å². The van der Waals surface area contributed by atoms with Gasteiger partial charge in [0.2, 0.25) is 0 Å². The molecular formula is C23H24ClNO4S. The zero-order valence-electron chi connectivity index (χ0n) is 17.2. The fourth-order valence-electron chi connectivity index (χ4n) is 4.03. The van der Waals surface area contributed by atoms with Crippen LogP contribution >= 0.6 is 11.6 Å². The molecule has 158 valence electrons. The maximum atomic E-state index is 13.6. The number of furan rings is 1. The van der Waals surface area contributed by atoms with Crippen LogP contribution in [0.1, 0.15) is 39.2 Å². The summed E-state index contributed by atoms with van der Waals surface area (Å²) in [5, 5.41) is 1.48. The third-order valence-corrected chi connectivity index (χ3v) is 7.88. The molecule has 1 atom stereocenters. The van der Waals surface area contributed by atoms with Crippen molar-refractivity contribution in [2.75, 3.05) is 11.5 Å². The molecule has 1 unspecified atom stereocenters. The van der Waals surface area contributed by atoms with Gasteiger partial charge in [0.05, 0.1) is 11.5 Å². The van der Waals surface area contributed by atoms with Crippen LogP contribution in [0, 0.1) is 20.8 Å². The molecule has 1 aliphatic rings. The number of amides is 1. The first-order valence-electron chi connectivity index (χ1n) is 9.91. The minimum absolute atomic E-state index is 0.0310. The van der Waals surface area contributed by atoms with Crippen molar-refractivity contribution in [1.82, 2.24) is 4.90 Å². The number of fused-ring (bicyclic) bond motifs is 1. The summed E-state index contributed by atoms with van der Waals surface area (Å²) in [6, 6.07) is 10.8. The Labute approximate surface area is 181 Å². The second-order valence-electron chi connectivity index (χ2n) is 8.11. The molecule has 0 saturated carbocycles. The number of rotatable bonds is 4. The van der Waals surface area contributed by atoms with Gasteiger partial charge < -0.3 is 9.32 Å². The molecule has 4 rings (SSSR count). The molecule has 1 saturated heterocycles. The molecular weight excluding hydrogens is 422 g/mol. The van der Waals surface area contributed by atoms with Crippen LogP contribution in [0.15, 0.2) is 40.8 Å². The third kappa shape index (κ3) is 3.98. The highest BCUT2D eigenvalue weighted by molar-refractivity contribution is 7.91. The maximum absolute atomic E-state index is 13.6. The van der Waals surface area contributed by atoms with Crippen molar-refractivity contribution >= 4 is 38.3 Å². The number of benzene rings is 2. The van der Waals surface area contributed by atoms with E-state index in [1.165, 1.54) is 0 Å². The quantitative estimate of drug-likeness (QED) is 0.576. The number of nitrogens with zero attached hydrogens (tertiary/aromatic N) is 1. The Bertz CT molecular complexity index is 1250. The lowest BCUT2D eigenvalue weighted by Gasteiger charge is -2.28. The predicted molar refractivity (Wildman–Crippen MR) is 119 cm³/mol. The minimum atomic E-state index is -3.15. The molecule has 7 heteroatoms. The number of carbonyl (C=O) groups excluding carboxylic acids is 1.